The maximum Gasteiger partial charge on any atom is 0.0540 e. The summed E-state index contributed by atoms with van der Waals surface area (Å²) in [7, 11) is 0. The van der Waals surface area contributed by atoms with E-state index in [2.05, 4.69) is 0 Å². The van der Waals surface area contributed by atoms with Crippen molar-refractivity contribution in [2.45, 2.75) is 56.6 Å². The topological polar surface area (TPSA) is 46.2 Å². The van der Waals surface area contributed by atoms with Gasteiger partial charge in [0.2, 0.25) is 0 Å². The average molecular weight is 169 g/mol. The first-order chi connectivity index (χ1) is 5.68. The molecule has 2 saturated carbocycles. The molecule has 2 nitrogen and oxygen atoms in total. The molecule has 0 amide bonds. The van der Waals surface area contributed by atoms with Crippen molar-refractivity contribution in [1.29, 1.82) is 0 Å². The highest BCUT2D eigenvalue weighted by molar-refractivity contribution is 5.00. The number of aliphatic hydroxyl groups is 1. The summed E-state index contributed by atoms with van der Waals surface area (Å²) < 4.78 is 0. The lowest BCUT2D eigenvalue weighted by Gasteiger charge is -2.27. The monoisotopic (exact) mass is 169 g/mol. The molecule has 3 N–H and O–H groups in total. The van der Waals surface area contributed by atoms with Gasteiger partial charge in [-0.1, -0.05) is 0 Å². The van der Waals surface area contributed by atoms with Crippen LogP contribution < -0.4 is 5.73 Å². The van der Waals surface area contributed by atoms with Gasteiger partial charge >= 0.3 is 0 Å². The van der Waals surface area contributed by atoms with Crippen LogP contribution in [0.15, 0.2) is 0 Å². The van der Waals surface area contributed by atoms with E-state index in [1.807, 2.05) is 0 Å². The van der Waals surface area contributed by atoms with Crippen molar-refractivity contribution in [3.63, 3.8) is 0 Å². The number of hydrogen-bond acceptors (Lipinski definition) is 2. The third-order valence-corrected chi connectivity index (χ3v) is 3.40. The lowest BCUT2D eigenvalue weighted by Crippen LogP contribution is -2.28. The maximum absolute atomic E-state index is 9.31. The zero-order valence-corrected chi connectivity index (χ0v) is 7.63. The predicted molar refractivity (Wildman–Crippen MR) is 48.7 cm³/mol. The summed E-state index contributed by atoms with van der Waals surface area (Å²) in [5, 5.41) is 9.31. The lowest BCUT2D eigenvalue weighted by atomic mass is 9.83. The maximum atomic E-state index is 9.31. The number of nitrogens with two attached hydrogens (primary N) is 1. The van der Waals surface area contributed by atoms with E-state index in [4.69, 9.17) is 5.73 Å². The van der Waals surface area contributed by atoms with E-state index in [0.717, 1.165) is 18.8 Å². The van der Waals surface area contributed by atoms with E-state index >= 15 is 0 Å². The van der Waals surface area contributed by atoms with E-state index < -0.39 is 0 Å². The molecule has 0 spiro atoms. The zero-order valence-electron chi connectivity index (χ0n) is 7.63. The zero-order chi connectivity index (χ0) is 8.60. The molecule has 0 aromatic carbocycles. The van der Waals surface area contributed by atoms with E-state index in [-0.39, 0.29) is 11.6 Å². The minimum absolute atomic E-state index is 0.0193. The van der Waals surface area contributed by atoms with Crippen LogP contribution in [0, 0.1) is 5.92 Å². The van der Waals surface area contributed by atoms with Gasteiger partial charge in [0.25, 0.3) is 0 Å². The molecule has 2 fully saturated rings. The molecule has 70 valence electrons. The molecular weight excluding hydrogens is 150 g/mol. The van der Waals surface area contributed by atoms with E-state index in [9.17, 15) is 5.11 Å². The van der Waals surface area contributed by atoms with Crippen molar-refractivity contribution >= 4 is 0 Å². The highest BCUT2D eigenvalue weighted by Gasteiger charge is 2.40. The van der Waals surface area contributed by atoms with Gasteiger partial charge in [-0.2, -0.15) is 0 Å². The van der Waals surface area contributed by atoms with Crippen LogP contribution in [0.5, 0.6) is 0 Å². The van der Waals surface area contributed by atoms with Crippen LogP contribution in [-0.4, -0.2) is 16.7 Å². The van der Waals surface area contributed by atoms with Crippen molar-refractivity contribution < 1.29 is 5.11 Å². The Morgan fingerprint density at radius 1 is 1.17 bits per heavy atom. The molecule has 0 heterocycles. The van der Waals surface area contributed by atoms with Crippen LogP contribution in [0.1, 0.15) is 44.9 Å². The van der Waals surface area contributed by atoms with Gasteiger partial charge in [0.05, 0.1) is 6.10 Å². The van der Waals surface area contributed by atoms with Gasteiger partial charge < -0.3 is 10.8 Å². The van der Waals surface area contributed by atoms with Gasteiger partial charge in [-0.3, -0.25) is 0 Å². The van der Waals surface area contributed by atoms with Gasteiger partial charge in [0.15, 0.2) is 0 Å². The summed E-state index contributed by atoms with van der Waals surface area (Å²) in [4.78, 5) is 0. The van der Waals surface area contributed by atoms with Gasteiger partial charge in [-0.15, -0.1) is 0 Å². The highest BCUT2D eigenvalue weighted by Crippen LogP contribution is 2.41. The third-order valence-electron chi connectivity index (χ3n) is 3.40. The van der Waals surface area contributed by atoms with Gasteiger partial charge in [0.1, 0.15) is 0 Å². The van der Waals surface area contributed by atoms with Crippen LogP contribution in [0.4, 0.5) is 0 Å². The molecule has 12 heavy (non-hydrogen) atoms. The van der Waals surface area contributed by atoms with Crippen molar-refractivity contribution in [2.24, 2.45) is 11.7 Å². The van der Waals surface area contributed by atoms with Crippen LogP contribution >= 0.6 is 0 Å². The molecule has 0 aromatic rings. The third kappa shape index (κ3) is 1.99. The summed E-state index contributed by atoms with van der Waals surface area (Å²) in [6.07, 6.45) is 8.04. The Morgan fingerprint density at radius 3 is 2.25 bits per heavy atom. The Morgan fingerprint density at radius 2 is 1.75 bits per heavy atom. The fourth-order valence-corrected chi connectivity index (χ4v) is 2.29. The molecule has 0 radical (unpaired) electrons. The Hall–Kier alpha value is -0.0800. The van der Waals surface area contributed by atoms with Crippen molar-refractivity contribution in [1.82, 2.24) is 0 Å². The normalized spacial score (nSPS) is 39.5. The van der Waals surface area contributed by atoms with Crippen molar-refractivity contribution in [2.75, 3.05) is 0 Å². The number of aliphatic hydroxyl groups excluding tert-OH is 1. The molecule has 2 rings (SSSR count). The molecule has 2 aliphatic carbocycles. The van der Waals surface area contributed by atoms with Crippen LogP contribution in [0.25, 0.3) is 0 Å². The summed E-state index contributed by atoms with van der Waals surface area (Å²) in [5.41, 5.74) is 6.26. The fraction of sp³-hybridized carbons (Fsp3) is 1.00. The van der Waals surface area contributed by atoms with Crippen molar-refractivity contribution in [3.05, 3.63) is 0 Å². The fourth-order valence-electron chi connectivity index (χ4n) is 2.29. The number of rotatable bonds is 2. The molecule has 0 bridgehead atoms. The minimum atomic E-state index is -0.0193. The molecule has 2 heteroatoms. The Bertz CT molecular complexity index is 157. The van der Waals surface area contributed by atoms with Crippen LogP contribution in [0.3, 0.4) is 0 Å². The predicted octanol–water partition coefficient (Wildman–Crippen LogP) is 1.42. The van der Waals surface area contributed by atoms with Gasteiger partial charge in [0, 0.05) is 5.54 Å². The molecule has 0 saturated heterocycles. The minimum Gasteiger partial charge on any atom is -0.393 e. The average Bonchev–Trinajstić information content (AvgIpc) is 2.74. The van der Waals surface area contributed by atoms with Gasteiger partial charge in [-0.25, -0.2) is 0 Å². The van der Waals surface area contributed by atoms with Gasteiger partial charge in [-0.05, 0) is 50.9 Å². The second-order valence-electron chi connectivity index (χ2n) is 4.74. The van der Waals surface area contributed by atoms with E-state index in [1.54, 1.807) is 0 Å². The Labute approximate surface area is 74.1 Å². The SMILES string of the molecule is NC1(CC2CCC(O)CC2)CC1. The standard InChI is InChI=1S/C10H19NO/c11-10(5-6-10)7-8-1-3-9(12)4-2-8/h8-9,12H,1-7,11H2. The second kappa shape index (κ2) is 3.00. The summed E-state index contributed by atoms with van der Waals surface area (Å²) in [5.74, 6) is 0.806. The van der Waals surface area contributed by atoms with Crippen LogP contribution in [-0.2, 0) is 0 Å². The molecule has 0 unspecified atom stereocenters. The first kappa shape index (κ1) is 8.52. The molecule has 0 atom stereocenters. The highest BCUT2D eigenvalue weighted by atomic mass is 16.3. The van der Waals surface area contributed by atoms with Crippen molar-refractivity contribution in [3.8, 4) is 0 Å². The summed E-state index contributed by atoms with van der Waals surface area (Å²) in [6, 6.07) is 0. The first-order valence-corrected chi connectivity index (χ1v) is 5.15. The molecular formula is C10H19NO. The molecule has 0 aromatic heterocycles. The van der Waals surface area contributed by atoms with E-state index in [0.29, 0.717) is 0 Å². The summed E-state index contributed by atoms with van der Waals surface area (Å²) in [6.45, 7) is 0. The van der Waals surface area contributed by atoms with E-state index in [1.165, 1.54) is 32.1 Å². The largest absolute Gasteiger partial charge is 0.393 e. The van der Waals surface area contributed by atoms with Crippen LogP contribution in [0.2, 0.25) is 0 Å². The Balaban J connectivity index is 1.75. The lowest BCUT2D eigenvalue weighted by molar-refractivity contribution is 0.104. The summed E-state index contributed by atoms with van der Waals surface area (Å²) >= 11 is 0. The quantitative estimate of drug-likeness (QED) is 0.656. The second-order valence-corrected chi connectivity index (χ2v) is 4.74. The smallest absolute Gasteiger partial charge is 0.0540 e. The number of hydrogen-bond donors (Lipinski definition) is 2. The molecule has 2 aliphatic rings. The first-order valence-electron chi connectivity index (χ1n) is 5.15. The molecule has 0 aliphatic heterocycles. The Kier molecular flexibility index (Phi) is 2.13.